The van der Waals surface area contributed by atoms with Crippen LogP contribution in [0, 0.1) is 0 Å². The molecule has 2 rings (SSSR count). The normalized spacial score (nSPS) is 10.5. The number of carbonyl (C=O) groups excluding carboxylic acids is 1. The lowest BCUT2D eigenvalue weighted by Gasteiger charge is -2.02. The Bertz CT molecular complexity index is 552. The summed E-state index contributed by atoms with van der Waals surface area (Å²) in [4.78, 5) is 15.4. The number of aromatic nitrogens is 1. The number of carbonyl (C=O) groups is 1. The van der Waals surface area contributed by atoms with Crippen molar-refractivity contribution in [2.75, 3.05) is 13.2 Å². The molecule has 0 saturated heterocycles. The molecule has 0 saturated carbocycles. The van der Waals surface area contributed by atoms with Crippen LogP contribution < -0.4 is 5.32 Å². The molecule has 1 heterocycles. The third-order valence-corrected chi connectivity index (χ3v) is 2.93. The standard InChI is InChI=1S/C16H20N2O3/c1-2-20-16(19)9-6-10-17-12-15-18-11-14(21-15)13-7-4-3-5-8-13/h3-5,7-8,11,17H,2,6,9-10,12H2,1H3. The Kier molecular flexibility index (Phi) is 5.97. The summed E-state index contributed by atoms with van der Waals surface area (Å²) in [6, 6.07) is 9.86. The molecule has 0 aliphatic heterocycles. The van der Waals surface area contributed by atoms with E-state index in [2.05, 4.69) is 10.3 Å². The molecular weight excluding hydrogens is 268 g/mol. The lowest BCUT2D eigenvalue weighted by molar-refractivity contribution is -0.143. The first kappa shape index (κ1) is 15.3. The molecule has 0 amide bonds. The quantitative estimate of drug-likeness (QED) is 0.597. The predicted octanol–water partition coefficient (Wildman–Crippen LogP) is 2.77. The summed E-state index contributed by atoms with van der Waals surface area (Å²) in [5.74, 6) is 1.26. The Morgan fingerprint density at radius 1 is 1.33 bits per heavy atom. The van der Waals surface area contributed by atoms with Gasteiger partial charge in [-0.2, -0.15) is 0 Å². The molecule has 0 bridgehead atoms. The maximum Gasteiger partial charge on any atom is 0.305 e. The molecule has 0 atom stereocenters. The SMILES string of the molecule is CCOC(=O)CCCNCc1ncc(-c2ccccc2)o1. The lowest BCUT2D eigenvalue weighted by atomic mass is 10.2. The van der Waals surface area contributed by atoms with Crippen LogP contribution in [0.4, 0.5) is 0 Å². The Labute approximate surface area is 124 Å². The Morgan fingerprint density at radius 2 is 2.14 bits per heavy atom. The number of nitrogens with one attached hydrogen (secondary N) is 1. The molecule has 2 aromatic rings. The second kappa shape index (κ2) is 8.21. The van der Waals surface area contributed by atoms with Crippen molar-refractivity contribution in [1.29, 1.82) is 0 Å². The monoisotopic (exact) mass is 288 g/mol. The third-order valence-electron chi connectivity index (χ3n) is 2.93. The van der Waals surface area contributed by atoms with Crippen LogP contribution in [0.1, 0.15) is 25.7 Å². The lowest BCUT2D eigenvalue weighted by Crippen LogP contribution is -2.16. The van der Waals surface area contributed by atoms with Gasteiger partial charge in [-0.1, -0.05) is 30.3 Å². The van der Waals surface area contributed by atoms with Crippen LogP contribution in [0.15, 0.2) is 40.9 Å². The van der Waals surface area contributed by atoms with Gasteiger partial charge in [0.25, 0.3) is 0 Å². The topological polar surface area (TPSA) is 64.4 Å². The van der Waals surface area contributed by atoms with Gasteiger partial charge in [0.05, 0.1) is 19.3 Å². The zero-order chi connectivity index (χ0) is 14.9. The summed E-state index contributed by atoms with van der Waals surface area (Å²) >= 11 is 0. The molecule has 21 heavy (non-hydrogen) atoms. The molecule has 1 aromatic heterocycles. The van der Waals surface area contributed by atoms with E-state index in [0.717, 1.165) is 24.3 Å². The molecule has 112 valence electrons. The zero-order valence-corrected chi connectivity index (χ0v) is 12.2. The number of ether oxygens (including phenoxy) is 1. The number of hydrogen-bond donors (Lipinski definition) is 1. The number of esters is 1. The maximum atomic E-state index is 11.2. The molecule has 0 aliphatic rings. The van der Waals surface area contributed by atoms with Crippen molar-refractivity contribution in [3.63, 3.8) is 0 Å². The number of oxazole rings is 1. The molecule has 5 nitrogen and oxygen atoms in total. The fourth-order valence-corrected chi connectivity index (χ4v) is 1.91. The van der Waals surface area contributed by atoms with Crippen molar-refractivity contribution < 1.29 is 13.9 Å². The highest BCUT2D eigenvalue weighted by atomic mass is 16.5. The van der Waals surface area contributed by atoms with Crippen molar-refractivity contribution in [3.05, 3.63) is 42.4 Å². The molecule has 1 N–H and O–H groups in total. The number of rotatable bonds is 8. The van der Waals surface area contributed by atoms with Gasteiger partial charge in [0, 0.05) is 12.0 Å². The van der Waals surface area contributed by atoms with Crippen LogP contribution in [0.3, 0.4) is 0 Å². The Morgan fingerprint density at radius 3 is 2.90 bits per heavy atom. The van der Waals surface area contributed by atoms with Gasteiger partial charge < -0.3 is 14.5 Å². The summed E-state index contributed by atoms with van der Waals surface area (Å²) in [7, 11) is 0. The van der Waals surface area contributed by atoms with Crippen LogP contribution in [0.25, 0.3) is 11.3 Å². The Hall–Kier alpha value is -2.14. The van der Waals surface area contributed by atoms with Gasteiger partial charge in [0.15, 0.2) is 5.76 Å². The molecule has 0 radical (unpaired) electrons. The van der Waals surface area contributed by atoms with E-state index in [-0.39, 0.29) is 5.97 Å². The number of nitrogens with zero attached hydrogens (tertiary/aromatic N) is 1. The third kappa shape index (κ3) is 5.04. The maximum absolute atomic E-state index is 11.2. The fourth-order valence-electron chi connectivity index (χ4n) is 1.91. The van der Waals surface area contributed by atoms with Crippen LogP contribution in [-0.2, 0) is 16.1 Å². The smallest absolute Gasteiger partial charge is 0.305 e. The van der Waals surface area contributed by atoms with Crippen molar-refractivity contribution >= 4 is 5.97 Å². The molecule has 0 fully saturated rings. The van der Waals surface area contributed by atoms with E-state index in [1.807, 2.05) is 37.3 Å². The summed E-state index contributed by atoms with van der Waals surface area (Å²) in [6.45, 7) is 3.52. The predicted molar refractivity (Wildman–Crippen MR) is 79.5 cm³/mol. The first-order chi connectivity index (χ1) is 10.3. The average Bonchev–Trinajstić information content (AvgIpc) is 2.97. The van der Waals surface area contributed by atoms with E-state index in [0.29, 0.717) is 25.5 Å². The molecule has 0 unspecified atom stereocenters. The highest BCUT2D eigenvalue weighted by molar-refractivity contribution is 5.69. The molecule has 1 aromatic carbocycles. The molecule has 0 spiro atoms. The first-order valence-electron chi connectivity index (χ1n) is 7.16. The van der Waals surface area contributed by atoms with Crippen molar-refractivity contribution in [2.45, 2.75) is 26.3 Å². The van der Waals surface area contributed by atoms with E-state index in [9.17, 15) is 4.79 Å². The van der Waals surface area contributed by atoms with Gasteiger partial charge in [0.1, 0.15) is 0 Å². The van der Waals surface area contributed by atoms with Crippen molar-refractivity contribution in [3.8, 4) is 11.3 Å². The summed E-state index contributed by atoms with van der Waals surface area (Å²) < 4.78 is 10.5. The first-order valence-corrected chi connectivity index (χ1v) is 7.16. The summed E-state index contributed by atoms with van der Waals surface area (Å²) in [5, 5.41) is 3.20. The van der Waals surface area contributed by atoms with E-state index >= 15 is 0 Å². The van der Waals surface area contributed by atoms with Crippen LogP contribution in [0.5, 0.6) is 0 Å². The average molecular weight is 288 g/mol. The van der Waals surface area contributed by atoms with Crippen LogP contribution in [0.2, 0.25) is 0 Å². The van der Waals surface area contributed by atoms with Crippen LogP contribution in [-0.4, -0.2) is 24.1 Å². The van der Waals surface area contributed by atoms with E-state index in [1.54, 1.807) is 6.20 Å². The number of benzene rings is 1. The van der Waals surface area contributed by atoms with Crippen molar-refractivity contribution in [1.82, 2.24) is 10.3 Å². The minimum Gasteiger partial charge on any atom is -0.466 e. The second-order valence-electron chi connectivity index (χ2n) is 4.57. The highest BCUT2D eigenvalue weighted by Crippen LogP contribution is 2.19. The largest absolute Gasteiger partial charge is 0.466 e. The van der Waals surface area contributed by atoms with Gasteiger partial charge in [-0.15, -0.1) is 0 Å². The summed E-state index contributed by atoms with van der Waals surface area (Å²) in [6.07, 6.45) is 2.90. The summed E-state index contributed by atoms with van der Waals surface area (Å²) in [5.41, 5.74) is 1.01. The van der Waals surface area contributed by atoms with Gasteiger partial charge in [0.2, 0.25) is 5.89 Å². The zero-order valence-electron chi connectivity index (χ0n) is 12.2. The fraction of sp³-hybridized carbons (Fsp3) is 0.375. The molecule has 0 aliphatic carbocycles. The van der Waals surface area contributed by atoms with E-state index in [4.69, 9.17) is 9.15 Å². The van der Waals surface area contributed by atoms with Gasteiger partial charge in [-0.25, -0.2) is 4.98 Å². The number of hydrogen-bond acceptors (Lipinski definition) is 5. The van der Waals surface area contributed by atoms with Gasteiger partial charge in [-0.05, 0) is 19.9 Å². The Balaban J connectivity index is 1.70. The van der Waals surface area contributed by atoms with E-state index in [1.165, 1.54) is 0 Å². The van der Waals surface area contributed by atoms with Crippen LogP contribution >= 0.6 is 0 Å². The minimum absolute atomic E-state index is 0.151. The van der Waals surface area contributed by atoms with E-state index < -0.39 is 0 Å². The van der Waals surface area contributed by atoms with Crippen molar-refractivity contribution in [2.24, 2.45) is 0 Å². The molecular formula is C16H20N2O3. The minimum atomic E-state index is -0.151. The van der Waals surface area contributed by atoms with Gasteiger partial charge >= 0.3 is 5.97 Å². The highest BCUT2D eigenvalue weighted by Gasteiger charge is 2.06. The van der Waals surface area contributed by atoms with Gasteiger partial charge in [-0.3, -0.25) is 4.79 Å². The second-order valence-corrected chi connectivity index (χ2v) is 4.57. The molecule has 5 heteroatoms.